The van der Waals surface area contributed by atoms with E-state index < -0.39 is 6.09 Å². The average Bonchev–Trinajstić information content (AvgIpc) is 2.22. The van der Waals surface area contributed by atoms with E-state index in [4.69, 9.17) is 4.74 Å². The minimum absolute atomic E-state index is 0. The van der Waals surface area contributed by atoms with E-state index in [1.54, 1.807) is 6.07 Å². The molecule has 0 unspecified atom stereocenters. The van der Waals surface area contributed by atoms with Crippen LogP contribution in [0, 0.1) is 6.92 Å². The van der Waals surface area contributed by atoms with Gasteiger partial charge in [0.25, 0.3) is 0 Å². The van der Waals surface area contributed by atoms with Crippen LogP contribution in [0.25, 0.3) is 0 Å². The van der Waals surface area contributed by atoms with E-state index in [1.807, 2.05) is 19.1 Å². The van der Waals surface area contributed by atoms with Gasteiger partial charge in [0.1, 0.15) is 5.75 Å². The van der Waals surface area contributed by atoms with Gasteiger partial charge in [-0.1, -0.05) is 17.7 Å². The summed E-state index contributed by atoms with van der Waals surface area (Å²) in [7, 11) is 0. The smallest absolute Gasteiger partial charge is 0.407 e. The summed E-state index contributed by atoms with van der Waals surface area (Å²) in [5, 5.41) is 12.4. The minimum Gasteiger partial charge on any atom is -0.508 e. The maximum atomic E-state index is 11.0. The number of ether oxygens (including phenoxy) is 1. The zero-order valence-electron chi connectivity index (χ0n) is 8.90. The van der Waals surface area contributed by atoms with Gasteiger partial charge in [0, 0.05) is 12.0 Å². The second-order valence-corrected chi connectivity index (χ2v) is 3.68. The first kappa shape index (κ1) is 12.6. The molecule has 0 bridgehead atoms. The van der Waals surface area contributed by atoms with Crippen LogP contribution in [0.4, 0.5) is 4.79 Å². The lowest BCUT2D eigenvalue weighted by molar-refractivity contribution is 0.115. The van der Waals surface area contributed by atoms with Crippen molar-refractivity contribution in [3.63, 3.8) is 0 Å². The van der Waals surface area contributed by atoms with Crippen molar-refractivity contribution in [3.05, 3.63) is 29.3 Å². The Hall–Kier alpha value is -1.42. The van der Waals surface area contributed by atoms with Gasteiger partial charge < -0.3 is 15.2 Å². The largest absolute Gasteiger partial charge is 0.508 e. The highest BCUT2D eigenvalue weighted by Crippen LogP contribution is 2.28. The molecular weight excluding hydrogens is 230 g/mol. The number of rotatable bonds is 1. The van der Waals surface area contributed by atoms with Gasteiger partial charge in [-0.2, -0.15) is 0 Å². The van der Waals surface area contributed by atoms with E-state index in [-0.39, 0.29) is 24.2 Å². The molecule has 0 aliphatic carbocycles. The van der Waals surface area contributed by atoms with Gasteiger partial charge in [-0.3, -0.25) is 0 Å². The summed E-state index contributed by atoms with van der Waals surface area (Å²) in [6.45, 7) is 2.34. The van der Waals surface area contributed by atoms with Crippen LogP contribution in [0.15, 0.2) is 18.2 Å². The molecule has 0 aromatic heterocycles. The van der Waals surface area contributed by atoms with Crippen molar-refractivity contribution in [1.82, 2.24) is 5.32 Å². The Bertz CT molecular complexity index is 395. The first-order valence-electron chi connectivity index (χ1n) is 4.89. The highest BCUT2D eigenvalue weighted by Gasteiger charge is 2.22. The van der Waals surface area contributed by atoms with Crippen molar-refractivity contribution in [2.45, 2.75) is 19.4 Å². The van der Waals surface area contributed by atoms with Crippen LogP contribution in [0.2, 0.25) is 0 Å². The van der Waals surface area contributed by atoms with Gasteiger partial charge in [-0.15, -0.1) is 12.4 Å². The number of nitrogens with one attached hydrogen (secondary N) is 1. The van der Waals surface area contributed by atoms with Crippen molar-refractivity contribution in [1.29, 1.82) is 0 Å². The number of phenols is 1. The predicted octanol–water partition coefficient (Wildman–Crippen LogP) is 2.29. The van der Waals surface area contributed by atoms with E-state index in [2.05, 4.69) is 5.32 Å². The van der Waals surface area contributed by atoms with Crippen molar-refractivity contribution >= 4 is 18.5 Å². The second-order valence-electron chi connectivity index (χ2n) is 3.68. The molecule has 1 amide bonds. The van der Waals surface area contributed by atoms with E-state index in [1.165, 1.54) is 0 Å². The number of alkyl carbamates (subject to hydrolysis) is 1. The Balaban J connectivity index is 0.00000128. The zero-order valence-corrected chi connectivity index (χ0v) is 9.71. The average molecular weight is 244 g/mol. The first-order chi connectivity index (χ1) is 7.16. The Morgan fingerprint density at radius 2 is 2.25 bits per heavy atom. The third-order valence-corrected chi connectivity index (χ3v) is 2.49. The van der Waals surface area contributed by atoms with Crippen LogP contribution in [0.3, 0.4) is 0 Å². The first-order valence-corrected chi connectivity index (χ1v) is 4.89. The summed E-state index contributed by atoms with van der Waals surface area (Å²) in [6.07, 6.45) is 0.259. The summed E-state index contributed by atoms with van der Waals surface area (Å²) in [5.41, 5.74) is 1.81. The summed E-state index contributed by atoms with van der Waals surface area (Å²) in [6, 6.07) is 5.21. The zero-order chi connectivity index (χ0) is 10.8. The van der Waals surface area contributed by atoms with Crippen LogP contribution in [-0.2, 0) is 4.74 Å². The molecule has 4 nitrogen and oxygen atoms in total. The van der Waals surface area contributed by atoms with E-state index in [0.29, 0.717) is 13.0 Å². The molecule has 1 aromatic rings. The molecule has 1 aromatic carbocycles. The number of amides is 1. The van der Waals surface area contributed by atoms with Crippen LogP contribution in [-0.4, -0.2) is 17.8 Å². The molecule has 1 fully saturated rings. The molecule has 88 valence electrons. The molecule has 16 heavy (non-hydrogen) atoms. The van der Waals surface area contributed by atoms with Crippen molar-refractivity contribution < 1.29 is 14.6 Å². The second kappa shape index (κ2) is 5.07. The van der Waals surface area contributed by atoms with Crippen LogP contribution >= 0.6 is 12.4 Å². The lowest BCUT2D eigenvalue weighted by Gasteiger charge is -2.24. The predicted molar refractivity (Wildman–Crippen MR) is 61.9 cm³/mol. The van der Waals surface area contributed by atoms with Gasteiger partial charge in [0.05, 0.1) is 12.6 Å². The van der Waals surface area contributed by atoms with Crippen molar-refractivity contribution in [2.24, 2.45) is 0 Å². The third kappa shape index (κ3) is 2.58. The number of hydrogen-bond acceptors (Lipinski definition) is 3. The molecule has 1 saturated heterocycles. The molecule has 0 radical (unpaired) electrons. The molecule has 5 heteroatoms. The number of carbonyl (C=O) groups excluding carboxylic acids is 1. The van der Waals surface area contributed by atoms with Gasteiger partial charge in [-0.25, -0.2) is 4.79 Å². The molecule has 1 heterocycles. The fraction of sp³-hybridized carbons (Fsp3) is 0.364. The Kier molecular flexibility index (Phi) is 4.01. The molecule has 1 aliphatic rings. The summed E-state index contributed by atoms with van der Waals surface area (Å²) >= 11 is 0. The summed E-state index contributed by atoms with van der Waals surface area (Å²) in [4.78, 5) is 11.0. The molecule has 2 N–H and O–H groups in total. The van der Waals surface area contributed by atoms with Crippen molar-refractivity contribution in [3.8, 4) is 5.75 Å². The summed E-state index contributed by atoms with van der Waals surface area (Å²) < 4.78 is 4.77. The number of phenolic OH excluding ortho intramolecular Hbond substituents is 1. The fourth-order valence-electron chi connectivity index (χ4n) is 1.71. The maximum Gasteiger partial charge on any atom is 0.407 e. The van der Waals surface area contributed by atoms with E-state index in [9.17, 15) is 9.90 Å². The maximum absolute atomic E-state index is 11.0. The normalized spacial score (nSPS) is 19.3. The number of aromatic hydroxyl groups is 1. The Morgan fingerprint density at radius 3 is 2.94 bits per heavy atom. The molecule has 2 rings (SSSR count). The van der Waals surface area contributed by atoms with Crippen LogP contribution < -0.4 is 5.32 Å². The fourth-order valence-corrected chi connectivity index (χ4v) is 1.71. The number of cyclic esters (lactones) is 1. The molecular formula is C11H14ClNO3. The lowest BCUT2D eigenvalue weighted by atomic mass is 10.0. The molecule has 1 aliphatic heterocycles. The molecule has 0 saturated carbocycles. The van der Waals surface area contributed by atoms with E-state index in [0.717, 1.165) is 11.1 Å². The minimum atomic E-state index is -0.424. The highest BCUT2D eigenvalue weighted by atomic mass is 35.5. The van der Waals surface area contributed by atoms with Crippen LogP contribution in [0.5, 0.6) is 5.75 Å². The SMILES string of the molecule is Cc1ccc(O)c([C@@H]2CCOC(=O)N2)c1.Cl. The van der Waals surface area contributed by atoms with Gasteiger partial charge in [-0.05, 0) is 13.0 Å². The number of benzene rings is 1. The molecule has 1 atom stereocenters. The summed E-state index contributed by atoms with van der Waals surface area (Å²) in [5.74, 6) is 0.216. The quantitative estimate of drug-likeness (QED) is 0.796. The van der Waals surface area contributed by atoms with Crippen LogP contribution in [0.1, 0.15) is 23.6 Å². The molecule has 0 spiro atoms. The lowest BCUT2D eigenvalue weighted by Crippen LogP contribution is -2.35. The third-order valence-electron chi connectivity index (χ3n) is 2.49. The highest BCUT2D eigenvalue weighted by molar-refractivity contribution is 5.85. The number of aryl methyl sites for hydroxylation is 1. The topological polar surface area (TPSA) is 58.6 Å². The van der Waals surface area contributed by atoms with Gasteiger partial charge >= 0.3 is 6.09 Å². The van der Waals surface area contributed by atoms with Gasteiger partial charge in [0.15, 0.2) is 0 Å². The van der Waals surface area contributed by atoms with Gasteiger partial charge in [0.2, 0.25) is 0 Å². The number of halogens is 1. The Labute approximate surface area is 100 Å². The van der Waals surface area contributed by atoms with E-state index >= 15 is 0 Å². The number of carbonyl (C=O) groups is 1. The number of hydrogen-bond donors (Lipinski definition) is 2. The Morgan fingerprint density at radius 1 is 1.50 bits per heavy atom. The monoisotopic (exact) mass is 243 g/mol. The standard InChI is InChI=1S/C11H13NO3.ClH/c1-7-2-3-10(13)8(6-7)9-4-5-15-11(14)12-9;/h2-3,6,9,13H,4-5H2,1H3,(H,12,14);1H/t9-;/m0./s1. The van der Waals surface area contributed by atoms with Crippen molar-refractivity contribution in [2.75, 3.05) is 6.61 Å².